The molecule has 5 aliphatic carbocycles. The Hall–Kier alpha value is -3.68. The first-order valence-electron chi connectivity index (χ1n) is 16.1. The highest BCUT2D eigenvalue weighted by atomic mass is 16.2. The van der Waals surface area contributed by atoms with Crippen LogP contribution in [0, 0.1) is 21.7 Å². The molecule has 4 fully saturated rings. The number of rotatable bonds is 0. The van der Waals surface area contributed by atoms with Crippen LogP contribution in [0.2, 0.25) is 0 Å². The van der Waals surface area contributed by atoms with Crippen molar-refractivity contribution in [3.8, 4) is 0 Å². The zero-order valence-corrected chi connectivity index (χ0v) is 25.2. The summed E-state index contributed by atoms with van der Waals surface area (Å²) in [5.74, 6) is -4.32. The maximum Gasteiger partial charge on any atom is 0.169 e. The predicted molar refractivity (Wildman–Crippen MR) is 160 cm³/mol. The van der Waals surface area contributed by atoms with Gasteiger partial charge in [0.25, 0.3) is 0 Å². The number of carbonyl (C=O) groups excluding carboxylic acids is 8. The molecule has 0 aromatic carbocycles. The van der Waals surface area contributed by atoms with E-state index in [1.165, 1.54) is 0 Å². The van der Waals surface area contributed by atoms with E-state index in [-0.39, 0.29) is 51.4 Å². The second kappa shape index (κ2) is 12.4. The molecule has 5 rings (SSSR count). The standard InChI is InChI=1S/C36H40O8/c37-25-9-11-27(39)34(19-3-4-20-34)29(41)13-15-31(43)36(23-7-8-24-36)32(44)16-14-30(42)35(21-5-6-22-35)28(40)12-10-26(38)33(25)17-1-2-18-33/h9-16H,1-8,17-24H2. The average Bonchev–Trinajstić information content (AvgIpc) is 3.85. The zero-order chi connectivity index (χ0) is 31.6. The van der Waals surface area contributed by atoms with Crippen LogP contribution < -0.4 is 0 Å². The molecule has 8 heteroatoms. The van der Waals surface area contributed by atoms with E-state index in [1.807, 2.05) is 0 Å². The lowest BCUT2D eigenvalue weighted by Crippen LogP contribution is -2.38. The van der Waals surface area contributed by atoms with Crippen LogP contribution in [0.15, 0.2) is 48.6 Å². The van der Waals surface area contributed by atoms with Crippen molar-refractivity contribution in [3.63, 3.8) is 0 Å². The van der Waals surface area contributed by atoms with E-state index in [9.17, 15) is 38.4 Å². The first kappa shape index (κ1) is 31.7. The van der Waals surface area contributed by atoms with E-state index in [4.69, 9.17) is 0 Å². The maximum atomic E-state index is 13.5. The lowest BCUT2D eigenvalue weighted by Gasteiger charge is -2.26. The summed E-state index contributed by atoms with van der Waals surface area (Å²) in [5.41, 5.74) is -5.66. The molecule has 0 amide bonds. The van der Waals surface area contributed by atoms with Crippen LogP contribution in [0.1, 0.15) is 103 Å². The molecule has 0 aliphatic heterocycles. The fraction of sp³-hybridized carbons (Fsp3) is 0.556. The monoisotopic (exact) mass is 600 g/mol. The number of ketones is 8. The third kappa shape index (κ3) is 5.30. The van der Waals surface area contributed by atoms with Gasteiger partial charge in [0, 0.05) is 0 Å². The van der Waals surface area contributed by atoms with Gasteiger partial charge in [-0.25, -0.2) is 0 Å². The molecule has 0 bridgehead atoms. The first-order valence-corrected chi connectivity index (χ1v) is 16.1. The largest absolute Gasteiger partial charge is 0.294 e. The molecule has 232 valence electrons. The van der Waals surface area contributed by atoms with Crippen molar-refractivity contribution in [1.82, 2.24) is 0 Å². The Bertz CT molecular complexity index is 1110. The topological polar surface area (TPSA) is 137 Å². The summed E-state index contributed by atoms with van der Waals surface area (Å²) in [5, 5.41) is 0. The molecule has 0 aromatic rings. The van der Waals surface area contributed by atoms with Gasteiger partial charge in [-0.3, -0.25) is 38.4 Å². The van der Waals surface area contributed by atoms with Gasteiger partial charge in [-0.1, -0.05) is 51.4 Å². The predicted octanol–water partition coefficient (Wildman–Crippen LogP) is 5.02. The van der Waals surface area contributed by atoms with Gasteiger partial charge in [-0.15, -0.1) is 0 Å². The molecule has 0 aromatic heterocycles. The van der Waals surface area contributed by atoms with Crippen LogP contribution in [0.25, 0.3) is 0 Å². The Morgan fingerprint density at radius 3 is 0.477 bits per heavy atom. The number of hydrogen-bond acceptors (Lipinski definition) is 8. The van der Waals surface area contributed by atoms with Crippen LogP contribution in [-0.4, -0.2) is 46.3 Å². The molecule has 4 saturated carbocycles. The van der Waals surface area contributed by atoms with E-state index in [0.29, 0.717) is 51.4 Å². The molecular formula is C36H40O8. The quantitative estimate of drug-likeness (QED) is 0.354. The molecule has 0 unspecified atom stereocenters. The molecule has 8 nitrogen and oxygen atoms in total. The van der Waals surface area contributed by atoms with Crippen LogP contribution in [0.4, 0.5) is 0 Å². The van der Waals surface area contributed by atoms with Crippen molar-refractivity contribution >= 4 is 46.3 Å². The molecule has 4 spiro atoms. The van der Waals surface area contributed by atoms with Gasteiger partial charge < -0.3 is 0 Å². The minimum Gasteiger partial charge on any atom is -0.294 e. The Labute approximate surface area is 257 Å². The summed E-state index contributed by atoms with van der Waals surface area (Å²) in [6, 6.07) is 0. The lowest BCUT2D eigenvalue weighted by atomic mass is 9.73. The molecule has 44 heavy (non-hydrogen) atoms. The van der Waals surface area contributed by atoms with Crippen molar-refractivity contribution in [1.29, 1.82) is 0 Å². The maximum absolute atomic E-state index is 13.5. The van der Waals surface area contributed by atoms with E-state index >= 15 is 0 Å². The zero-order valence-electron chi connectivity index (χ0n) is 25.2. The molecule has 0 N–H and O–H groups in total. The first-order chi connectivity index (χ1) is 21.0. The molecule has 0 heterocycles. The Morgan fingerprint density at radius 1 is 0.250 bits per heavy atom. The fourth-order valence-corrected chi connectivity index (χ4v) is 8.25. The van der Waals surface area contributed by atoms with Gasteiger partial charge >= 0.3 is 0 Å². The second-order valence-corrected chi connectivity index (χ2v) is 13.4. The van der Waals surface area contributed by atoms with Crippen LogP contribution in [0.5, 0.6) is 0 Å². The van der Waals surface area contributed by atoms with Crippen molar-refractivity contribution in [2.75, 3.05) is 0 Å². The van der Waals surface area contributed by atoms with Gasteiger partial charge in [0.2, 0.25) is 0 Å². The Morgan fingerprint density at radius 2 is 0.364 bits per heavy atom. The average molecular weight is 601 g/mol. The third-order valence-electron chi connectivity index (χ3n) is 11.1. The Balaban J connectivity index is 1.57. The minimum absolute atomic E-state index is 0.271. The van der Waals surface area contributed by atoms with E-state index < -0.39 is 67.9 Å². The van der Waals surface area contributed by atoms with E-state index in [2.05, 4.69) is 0 Å². The van der Waals surface area contributed by atoms with Gasteiger partial charge in [-0.05, 0) is 100.0 Å². The molecule has 0 atom stereocenters. The van der Waals surface area contributed by atoms with Crippen LogP contribution in [0.3, 0.4) is 0 Å². The van der Waals surface area contributed by atoms with E-state index in [0.717, 1.165) is 48.6 Å². The van der Waals surface area contributed by atoms with Crippen molar-refractivity contribution in [3.05, 3.63) is 48.6 Å². The normalized spacial score (nSPS) is 27.3. The second-order valence-electron chi connectivity index (χ2n) is 13.4. The van der Waals surface area contributed by atoms with E-state index in [1.54, 1.807) is 0 Å². The summed E-state index contributed by atoms with van der Waals surface area (Å²) in [4.78, 5) is 108. The van der Waals surface area contributed by atoms with Crippen molar-refractivity contribution in [2.45, 2.75) is 103 Å². The highest BCUT2D eigenvalue weighted by Crippen LogP contribution is 2.45. The molecule has 0 radical (unpaired) electrons. The van der Waals surface area contributed by atoms with Crippen molar-refractivity contribution in [2.24, 2.45) is 21.7 Å². The van der Waals surface area contributed by atoms with Gasteiger partial charge in [0.1, 0.15) is 0 Å². The SMILES string of the molecule is O=C1C=CC(=O)C2(CCCC2)C(=O)C=CC(=O)C2(CCCC2)C(=O)C=CC(=O)C2(CCCC2)C(=O)C=CC(=O)C12CCCC2. The fourth-order valence-electron chi connectivity index (χ4n) is 8.25. The minimum atomic E-state index is -1.41. The summed E-state index contributed by atoms with van der Waals surface area (Å²) in [6.45, 7) is 0. The van der Waals surface area contributed by atoms with Crippen LogP contribution in [-0.2, 0) is 38.4 Å². The molecule has 5 aliphatic rings. The highest BCUT2D eigenvalue weighted by Gasteiger charge is 2.50. The molecular weight excluding hydrogens is 560 g/mol. The van der Waals surface area contributed by atoms with Gasteiger partial charge in [0.15, 0.2) is 46.3 Å². The Kier molecular flexibility index (Phi) is 8.92. The smallest absolute Gasteiger partial charge is 0.169 e. The van der Waals surface area contributed by atoms with Crippen molar-refractivity contribution < 1.29 is 38.4 Å². The van der Waals surface area contributed by atoms with Gasteiger partial charge in [0.05, 0.1) is 21.7 Å². The summed E-state index contributed by atoms with van der Waals surface area (Å²) in [7, 11) is 0. The highest BCUT2D eigenvalue weighted by molar-refractivity contribution is 6.24. The number of carbonyl (C=O) groups is 8. The van der Waals surface area contributed by atoms with Gasteiger partial charge in [-0.2, -0.15) is 0 Å². The molecule has 0 saturated heterocycles. The lowest BCUT2D eigenvalue weighted by molar-refractivity contribution is -0.138. The summed E-state index contributed by atoms with van der Waals surface area (Å²) in [6.07, 6.45) is 16.0. The number of hydrogen-bond donors (Lipinski definition) is 0. The third-order valence-corrected chi connectivity index (χ3v) is 11.1. The number of allylic oxidation sites excluding steroid dienone is 8. The van der Waals surface area contributed by atoms with Crippen LogP contribution >= 0.6 is 0 Å². The summed E-state index contributed by atoms with van der Waals surface area (Å²) < 4.78 is 0. The summed E-state index contributed by atoms with van der Waals surface area (Å²) >= 11 is 0.